The normalized spacial score (nSPS) is 11.8. The van der Waals surface area contributed by atoms with Crippen molar-refractivity contribution in [1.29, 1.82) is 0 Å². The highest BCUT2D eigenvalue weighted by molar-refractivity contribution is 5.76. The summed E-state index contributed by atoms with van der Waals surface area (Å²) in [4.78, 5) is 40.1. The summed E-state index contributed by atoms with van der Waals surface area (Å²) >= 11 is 0. The van der Waals surface area contributed by atoms with Crippen LogP contribution in [0.25, 0.3) is 0 Å². The van der Waals surface area contributed by atoms with E-state index >= 15 is 0 Å². The minimum absolute atomic E-state index is 0.154. The van der Waals surface area contributed by atoms with Gasteiger partial charge in [0.05, 0.1) is 13.2 Å². The number of aromatic nitrogens is 2. The summed E-state index contributed by atoms with van der Waals surface area (Å²) in [5.74, 6) is 0.560. The lowest BCUT2D eigenvalue weighted by molar-refractivity contribution is -0.121. The molecule has 1 heterocycles. The van der Waals surface area contributed by atoms with Crippen molar-refractivity contribution in [1.82, 2.24) is 15.3 Å². The molecule has 134 valence electrons. The number of hydrogen-bond acceptors (Lipinski definition) is 4. The van der Waals surface area contributed by atoms with Crippen molar-refractivity contribution in [3.05, 3.63) is 61.9 Å². The molecule has 1 unspecified atom stereocenters. The van der Waals surface area contributed by atoms with E-state index < -0.39 is 11.2 Å². The van der Waals surface area contributed by atoms with Gasteiger partial charge in [0.2, 0.25) is 5.91 Å². The van der Waals surface area contributed by atoms with Crippen LogP contribution in [0.1, 0.15) is 42.6 Å². The van der Waals surface area contributed by atoms with Crippen molar-refractivity contribution >= 4 is 5.91 Å². The number of carbonyl (C=O) groups is 1. The molecule has 7 heteroatoms. The molecule has 0 aliphatic heterocycles. The smallest absolute Gasteiger partial charge is 0.325 e. The molecular weight excluding hydrogens is 322 g/mol. The summed E-state index contributed by atoms with van der Waals surface area (Å²) in [5.41, 5.74) is 0.820. The Bertz CT molecular complexity index is 854. The van der Waals surface area contributed by atoms with E-state index in [-0.39, 0.29) is 24.8 Å². The van der Waals surface area contributed by atoms with Crippen LogP contribution < -0.4 is 21.3 Å². The molecule has 7 nitrogen and oxygen atoms in total. The molecule has 0 aliphatic carbocycles. The van der Waals surface area contributed by atoms with Crippen LogP contribution in [-0.4, -0.2) is 23.0 Å². The zero-order valence-corrected chi connectivity index (χ0v) is 14.6. The number of rotatable bonds is 7. The van der Waals surface area contributed by atoms with Gasteiger partial charge >= 0.3 is 5.69 Å². The van der Waals surface area contributed by atoms with Crippen LogP contribution >= 0.6 is 0 Å². The van der Waals surface area contributed by atoms with Crippen LogP contribution in [0.15, 0.2) is 33.9 Å². The second kappa shape index (κ2) is 8.32. The first kappa shape index (κ1) is 18.5. The lowest BCUT2D eigenvalue weighted by Crippen LogP contribution is -2.31. The van der Waals surface area contributed by atoms with E-state index in [2.05, 4.69) is 15.3 Å². The first-order chi connectivity index (χ1) is 12.0. The highest BCUT2D eigenvalue weighted by Crippen LogP contribution is 2.26. The molecule has 0 radical (unpaired) electrons. The van der Waals surface area contributed by atoms with Crippen LogP contribution in [-0.2, 0) is 11.2 Å². The first-order valence-electron chi connectivity index (χ1n) is 8.20. The summed E-state index contributed by atoms with van der Waals surface area (Å²) in [5, 5.41) is 2.98. The van der Waals surface area contributed by atoms with Crippen molar-refractivity contribution in [2.24, 2.45) is 0 Å². The molecule has 3 N–H and O–H groups in total. The molecule has 25 heavy (non-hydrogen) atoms. The average Bonchev–Trinajstić information content (AvgIpc) is 2.58. The Morgan fingerprint density at radius 2 is 1.96 bits per heavy atom. The quantitative estimate of drug-likeness (QED) is 0.708. The third-order valence-corrected chi connectivity index (χ3v) is 4.11. The van der Waals surface area contributed by atoms with E-state index in [4.69, 9.17) is 4.74 Å². The van der Waals surface area contributed by atoms with Crippen LogP contribution in [0, 0.1) is 6.92 Å². The molecule has 0 fully saturated rings. The van der Waals surface area contributed by atoms with Crippen molar-refractivity contribution in [3.63, 3.8) is 0 Å². The number of aryl methyl sites for hydroxylation is 1. The largest absolute Gasteiger partial charge is 0.496 e. The van der Waals surface area contributed by atoms with Crippen molar-refractivity contribution in [2.75, 3.05) is 7.11 Å². The third kappa shape index (κ3) is 4.59. The average molecular weight is 345 g/mol. The van der Waals surface area contributed by atoms with E-state index in [1.54, 1.807) is 14.0 Å². The summed E-state index contributed by atoms with van der Waals surface area (Å²) in [6.07, 6.45) is 1.12. The van der Waals surface area contributed by atoms with Gasteiger partial charge in [-0.1, -0.05) is 25.1 Å². The molecule has 1 aromatic heterocycles. The number of nitrogens with one attached hydrogen (secondary N) is 3. The van der Waals surface area contributed by atoms with Crippen LogP contribution in [0.3, 0.4) is 0 Å². The topological polar surface area (TPSA) is 104 Å². The predicted octanol–water partition coefficient (Wildman–Crippen LogP) is 1.58. The zero-order valence-electron chi connectivity index (χ0n) is 14.6. The molecule has 0 saturated heterocycles. The second-order valence-electron chi connectivity index (χ2n) is 5.78. The Balaban J connectivity index is 2.06. The minimum Gasteiger partial charge on any atom is -0.496 e. The summed E-state index contributed by atoms with van der Waals surface area (Å²) in [7, 11) is 1.60. The first-order valence-corrected chi connectivity index (χ1v) is 8.20. The molecule has 2 rings (SSSR count). The predicted molar refractivity (Wildman–Crippen MR) is 94.9 cm³/mol. The van der Waals surface area contributed by atoms with Gasteiger partial charge < -0.3 is 15.0 Å². The molecule has 0 bridgehead atoms. The highest BCUT2D eigenvalue weighted by atomic mass is 16.5. The molecule has 1 amide bonds. The maximum atomic E-state index is 12.3. The van der Waals surface area contributed by atoms with Gasteiger partial charge in [-0.15, -0.1) is 0 Å². The molecule has 2 aromatic rings. The van der Waals surface area contributed by atoms with Crippen molar-refractivity contribution in [3.8, 4) is 5.75 Å². The molecule has 0 saturated carbocycles. The monoisotopic (exact) mass is 345 g/mol. The number of carbonyl (C=O) groups excluding carboxylic acids is 1. The Morgan fingerprint density at radius 1 is 1.24 bits per heavy atom. The van der Waals surface area contributed by atoms with Crippen molar-refractivity contribution in [2.45, 2.75) is 39.2 Å². The summed E-state index contributed by atoms with van der Waals surface area (Å²) in [6, 6.07) is 7.38. The number of benzene rings is 1. The second-order valence-corrected chi connectivity index (χ2v) is 5.78. The van der Waals surface area contributed by atoms with Gasteiger partial charge in [0.15, 0.2) is 0 Å². The Labute approximate surface area is 145 Å². The lowest BCUT2D eigenvalue weighted by Gasteiger charge is -2.20. The Morgan fingerprint density at radius 3 is 2.60 bits per heavy atom. The lowest BCUT2D eigenvalue weighted by atomic mass is 10.0. The number of H-pyrrole nitrogens is 2. The van der Waals surface area contributed by atoms with Gasteiger partial charge in [0.1, 0.15) is 5.75 Å². The number of methoxy groups -OCH3 is 1. The number of ether oxygens (including phenoxy) is 1. The fraction of sp³-hybridized carbons (Fsp3) is 0.389. The van der Waals surface area contributed by atoms with Gasteiger partial charge in [-0.25, -0.2) is 4.79 Å². The standard InChI is InChI=1S/C18H23N3O4/c1-4-14(13-7-5-6-8-15(13)25-3)20-16(22)10-9-12-11(2)19-18(24)21-17(12)23/h5-8,14H,4,9-10H2,1-3H3,(H,20,22)(H2,19,21,23,24). The van der Waals surface area contributed by atoms with Gasteiger partial charge in [-0.3, -0.25) is 14.6 Å². The van der Waals surface area contributed by atoms with E-state index in [0.29, 0.717) is 17.7 Å². The van der Waals surface area contributed by atoms with E-state index in [0.717, 1.165) is 11.3 Å². The van der Waals surface area contributed by atoms with Gasteiger partial charge in [0, 0.05) is 23.2 Å². The number of hydrogen-bond donors (Lipinski definition) is 3. The maximum absolute atomic E-state index is 12.3. The third-order valence-electron chi connectivity index (χ3n) is 4.11. The molecule has 1 aromatic carbocycles. The highest BCUT2D eigenvalue weighted by Gasteiger charge is 2.17. The molecular formula is C18H23N3O4. The Hall–Kier alpha value is -2.83. The van der Waals surface area contributed by atoms with Gasteiger partial charge in [-0.05, 0) is 25.8 Å². The maximum Gasteiger partial charge on any atom is 0.325 e. The number of amides is 1. The van der Waals surface area contributed by atoms with E-state index in [9.17, 15) is 14.4 Å². The minimum atomic E-state index is -0.544. The van der Waals surface area contributed by atoms with Crippen LogP contribution in [0.4, 0.5) is 0 Å². The molecule has 1 atom stereocenters. The van der Waals surface area contributed by atoms with Crippen LogP contribution in [0.5, 0.6) is 5.75 Å². The number of aromatic amines is 2. The van der Waals surface area contributed by atoms with E-state index in [1.807, 2.05) is 31.2 Å². The van der Waals surface area contributed by atoms with Gasteiger partial charge in [0.25, 0.3) is 5.56 Å². The molecule has 0 aliphatic rings. The fourth-order valence-electron chi connectivity index (χ4n) is 2.79. The Kier molecular flexibility index (Phi) is 6.16. The summed E-state index contributed by atoms with van der Waals surface area (Å²) < 4.78 is 5.35. The fourth-order valence-corrected chi connectivity index (χ4v) is 2.79. The zero-order chi connectivity index (χ0) is 18.4. The van der Waals surface area contributed by atoms with E-state index in [1.165, 1.54) is 0 Å². The SMILES string of the molecule is CCC(NC(=O)CCc1c(C)[nH]c(=O)[nH]c1=O)c1ccccc1OC. The number of para-hydroxylation sites is 1. The summed E-state index contributed by atoms with van der Waals surface area (Å²) in [6.45, 7) is 3.63. The van der Waals surface area contributed by atoms with Crippen LogP contribution in [0.2, 0.25) is 0 Å². The molecule has 0 spiro atoms. The van der Waals surface area contributed by atoms with Gasteiger partial charge in [-0.2, -0.15) is 0 Å². The van der Waals surface area contributed by atoms with Crippen molar-refractivity contribution < 1.29 is 9.53 Å².